The molecule has 134 valence electrons. The van der Waals surface area contributed by atoms with Crippen molar-refractivity contribution in [3.63, 3.8) is 0 Å². The second kappa shape index (κ2) is 7.87. The third-order valence-electron chi connectivity index (χ3n) is 4.22. The summed E-state index contributed by atoms with van der Waals surface area (Å²) in [7, 11) is 1.56. The van der Waals surface area contributed by atoms with E-state index in [0.717, 1.165) is 22.9 Å². The van der Waals surface area contributed by atoms with Crippen molar-refractivity contribution in [1.82, 2.24) is 0 Å². The molecule has 0 unspecified atom stereocenters. The molecule has 0 N–H and O–H groups in total. The number of rotatable bonds is 6. The van der Waals surface area contributed by atoms with E-state index in [1.807, 2.05) is 43.3 Å². The molecule has 2 aromatic carbocycles. The molecule has 5 heteroatoms. The van der Waals surface area contributed by atoms with Crippen LogP contribution in [-0.4, -0.2) is 13.1 Å². The van der Waals surface area contributed by atoms with Crippen molar-refractivity contribution in [2.24, 2.45) is 0 Å². The molecule has 3 rings (SSSR count). The van der Waals surface area contributed by atoms with Crippen molar-refractivity contribution in [3.05, 3.63) is 75.6 Å². The lowest BCUT2D eigenvalue weighted by Crippen LogP contribution is -2.10. The topological polar surface area (TPSA) is 65.7 Å². The average molecular weight is 352 g/mol. The van der Waals surface area contributed by atoms with Gasteiger partial charge in [-0.25, -0.2) is 4.79 Å². The first kappa shape index (κ1) is 17.7. The number of ether oxygens (including phenoxy) is 2. The number of hydrogen-bond donors (Lipinski definition) is 0. The van der Waals surface area contributed by atoms with Crippen LogP contribution in [0.25, 0.3) is 11.0 Å². The van der Waals surface area contributed by atoms with Crippen molar-refractivity contribution in [2.45, 2.75) is 26.4 Å². The van der Waals surface area contributed by atoms with E-state index < -0.39 is 5.63 Å². The molecule has 0 saturated heterocycles. The molecule has 0 saturated carbocycles. The predicted octanol–water partition coefficient (Wildman–Crippen LogP) is 3.65. The van der Waals surface area contributed by atoms with Gasteiger partial charge in [0.15, 0.2) is 0 Å². The zero-order chi connectivity index (χ0) is 18.5. The maximum absolute atomic E-state index is 12.2. The Kier molecular flexibility index (Phi) is 5.37. The molecule has 0 spiro atoms. The molecular weight excluding hydrogens is 332 g/mol. The van der Waals surface area contributed by atoms with Crippen molar-refractivity contribution in [1.29, 1.82) is 0 Å². The number of fused-ring (bicyclic) bond motifs is 1. The lowest BCUT2D eigenvalue weighted by atomic mass is 10.1. The van der Waals surface area contributed by atoms with Crippen molar-refractivity contribution >= 4 is 16.9 Å². The molecule has 26 heavy (non-hydrogen) atoms. The number of para-hydroxylation sites is 1. The van der Waals surface area contributed by atoms with Crippen LogP contribution in [0, 0.1) is 0 Å². The van der Waals surface area contributed by atoms with Crippen LogP contribution in [0.4, 0.5) is 0 Å². The summed E-state index contributed by atoms with van der Waals surface area (Å²) < 4.78 is 15.9. The van der Waals surface area contributed by atoms with E-state index in [0.29, 0.717) is 16.9 Å². The molecule has 0 aliphatic carbocycles. The van der Waals surface area contributed by atoms with E-state index in [2.05, 4.69) is 0 Å². The van der Waals surface area contributed by atoms with E-state index >= 15 is 0 Å². The maximum Gasteiger partial charge on any atom is 0.336 e. The SMILES string of the molecule is CCc1ccc2c(COC(=O)Cc3ccccc3OC)cc(=O)oc2c1. The molecule has 5 nitrogen and oxygen atoms in total. The fraction of sp³-hybridized carbons (Fsp3) is 0.238. The molecule has 0 aliphatic heterocycles. The van der Waals surface area contributed by atoms with Gasteiger partial charge >= 0.3 is 11.6 Å². The average Bonchev–Trinajstić information content (AvgIpc) is 2.65. The third kappa shape index (κ3) is 3.94. The molecule has 0 bridgehead atoms. The van der Waals surface area contributed by atoms with Gasteiger partial charge in [0.05, 0.1) is 13.5 Å². The Morgan fingerprint density at radius 3 is 2.65 bits per heavy atom. The summed E-state index contributed by atoms with van der Waals surface area (Å²) in [6.07, 6.45) is 0.946. The van der Waals surface area contributed by atoms with Gasteiger partial charge in [-0.2, -0.15) is 0 Å². The van der Waals surface area contributed by atoms with Crippen molar-refractivity contribution in [3.8, 4) is 5.75 Å². The number of esters is 1. The largest absolute Gasteiger partial charge is 0.496 e. The van der Waals surface area contributed by atoms with Crippen LogP contribution < -0.4 is 10.4 Å². The number of carbonyl (C=O) groups is 1. The van der Waals surface area contributed by atoms with Gasteiger partial charge in [0.25, 0.3) is 0 Å². The van der Waals surface area contributed by atoms with Gasteiger partial charge in [0.1, 0.15) is 17.9 Å². The summed E-state index contributed by atoms with van der Waals surface area (Å²) >= 11 is 0. The van der Waals surface area contributed by atoms with Gasteiger partial charge < -0.3 is 13.9 Å². The summed E-state index contributed by atoms with van der Waals surface area (Å²) in [6, 6.07) is 14.4. The Morgan fingerprint density at radius 1 is 1.08 bits per heavy atom. The highest BCUT2D eigenvalue weighted by Crippen LogP contribution is 2.21. The zero-order valence-electron chi connectivity index (χ0n) is 14.8. The lowest BCUT2D eigenvalue weighted by Gasteiger charge is -2.10. The number of hydrogen-bond acceptors (Lipinski definition) is 5. The zero-order valence-corrected chi connectivity index (χ0v) is 14.8. The monoisotopic (exact) mass is 352 g/mol. The number of benzene rings is 2. The molecular formula is C21H20O5. The molecule has 0 amide bonds. The first-order valence-corrected chi connectivity index (χ1v) is 8.44. The minimum absolute atomic E-state index is 0.0154. The summed E-state index contributed by atoms with van der Waals surface area (Å²) in [5, 5.41) is 0.770. The maximum atomic E-state index is 12.2. The van der Waals surface area contributed by atoms with E-state index in [1.54, 1.807) is 13.2 Å². The Labute approximate surface area is 151 Å². The van der Waals surface area contributed by atoms with Gasteiger partial charge in [-0.05, 0) is 24.1 Å². The lowest BCUT2D eigenvalue weighted by molar-refractivity contribution is -0.144. The van der Waals surface area contributed by atoms with Crippen molar-refractivity contribution < 1.29 is 18.7 Å². The van der Waals surface area contributed by atoms with Crippen LogP contribution in [0.2, 0.25) is 0 Å². The Bertz CT molecular complexity index is 987. The van der Waals surface area contributed by atoms with Crippen molar-refractivity contribution in [2.75, 3.05) is 7.11 Å². The highest BCUT2D eigenvalue weighted by atomic mass is 16.5. The van der Waals surface area contributed by atoms with Crippen LogP contribution in [0.1, 0.15) is 23.6 Å². The van der Waals surface area contributed by atoms with Gasteiger partial charge in [0.2, 0.25) is 0 Å². The van der Waals surface area contributed by atoms with Gasteiger partial charge in [-0.1, -0.05) is 37.3 Å². The van der Waals surface area contributed by atoms with Crippen LogP contribution in [0.3, 0.4) is 0 Å². The second-order valence-corrected chi connectivity index (χ2v) is 5.92. The minimum atomic E-state index is -0.457. The number of aryl methyl sites for hydroxylation is 1. The Hall–Kier alpha value is -3.08. The quantitative estimate of drug-likeness (QED) is 0.500. The number of methoxy groups -OCH3 is 1. The normalized spacial score (nSPS) is 10.7. The predicted molar refractivity (Wildman–Crippen MR) is 98.4 cm³/mol. The summed E-state index contributed by atoms with van der Waals surface area (Å²) in [5.41, 5.74) is 2.51. The molecule has 1 aromatic heterocycles. The smallest absolute Gasteiger partial charge is 0.336 e. The molecule has 0 radical (unpaired) electrons. The highest BCUT2D eigenvalue weighted by molar-refractivity contribution is 5.81. The van der Waals surface area contributed by atoms with Crippen LogP contribution >= 0.6 is 0 Å². The number of carbonyl (C=O) groups excluding carboxylic acids is 1. The fourth-order valence-electron chi connectivity index (χ4n) is 2.83. The summed E-state index contributed by atoms with van der Waals surface area (Å²) in [6.45, 7) is 2.05. The molecule has 0 atom stereocenters. The minimum Gasteiger partial charge on any atom is -0.496 e. The Balaban J connectivity index is 1.77. The molecule has 0 aliphatic rings. The van der Waals surface area contributed by atoms with Crippen LogP contribution in [0.15, 0.2) is 57.7 Å². The molecule has 3 aromatic rings. The van der Waals surface area contributed by atoms with Gasteiger partial charge in [-0.3, -0.25) is 4.79 Å². The highest BCUT2D eigenvalue weighted by Gasteiger charge is 2.12. The summed E-state index contributed by atoms with van der Waals surface area (Å²) in [5.74, 6) is 0.253. The Morgan fingerprint density at radius 2 is 1.88 bits per heavy atom. The van der Waals surface area contributed by atoms with E-state index in [9.17, 15) is 9.59 Å². The van der Waals surface area contributed by atoms with Gasteiger partial charge in [0, 0.05) is 22.6 Å². The van der Waals surface area contributed by atoms with Crippen LogP contribution in [-0.2, 0) is 29.0 Å². The standard InChI is InChI=1S/C21H20O5/c1-3-14-8-9-17-16(12-21(23)26-19(17)10-14)13-25-20(22)11-15-6-4-5-7-18(15)24-2/h4-10,12H,3,11,13H2,1-2H3. The first-order chi connectivity index (χ1) is 12.6. The van der Waals surface area contributed by atoms with Gasteiger partial charge in [-0.15, -0.1) is 0 Å². The molecule has 0 fully saturated rings. The second-order valence-electron chi connectivity index (χ2n) is 5.92. The third-order valence-corrected chi connectivity index (χ3v) is 4.22. The first-order valence-electron chi connectivity index (χ1n) is 8.44. The summed E-state index contributed by atoms with van der Waals surface area (Å²) in [4.78, 5) is 24.0. The van der Waals surface area contributed by atoms with Crippen LogP contribution in [0.5, 0.6) is 5.75 Å². The van der Waals surface area contributed by atoms with E-state index in [1.165, 1.54) is 6.07 Å². The van der Waals surface area contributed by atoms with E-state index in [4.69, 9.17) is 13.9 Å². The fourth-order valence-corrected chi connectivity index (χ4v) is 2.83. The molecule has 1 heterocycles. The van der Waals surface area contributed by atoms with E-state index in [-0.39, 0.29) is 19.0 Å².